The number of aromatic amines is 1. The van der Waals surface area contributed by atoms with E-state index in [1.54, 1.807) is 17.5 Å². The van der Waals surface area contributed by atoms with E-state index in [0.717, 1.165) is 30.8 Å². The number of aromatic nitrogens is 3. The highest BCUT2D eigenvalue weighted by Crippen LogP contribution is 2.22. The molecule has 4 heterocycles. The first kappa shape index (κ1) is 15.2. The zero-order chi connectivity index (χ0) is 16.5. The predicted octanol–water partition coefficient (Wildman–Crippen LogP) is 2.76. The van der Waals surface area contributed by atoms with E-state index in [-0.39, 0.29) is 5.56 Å². The molecule has 1 aliphatic rings. The van der Waals surface area contributed by atoms with Crippen molar-refractivity contribution in [2.75, 3.05) is 6.54 Å². The molecule has 3 aromatic heterocycles. The average Bonchev–Trinajstić information content (AvgIpc) is 3.00. The minimum atomic E-state index is -0.0346. The van der Waals surface area contributed by atoms with Crippen LogP contribution in [-0.2, 0) is 19.5 Å². The van der Waals surface area contributed by atoms with Crippen LogP contribution in [0.5, 0.6) is 0 Å². The van der Waals surface area contributed by atoms with Crippen LogP contribution in [0.3, 0.4) is 0 Å². The van der Waals surface area contributed by atoms with Gasteiger partial charge in [-0.05, 0) is 42.5 Å². The van der Waals surface area contributed by atoms with Crippen LogP contribution in [0.25, 0.3) is 11.5 Å². The van der Waals surface area contributed by atoms with Crippen LogP contribution in [0, 0.1) is 6.92 Å². The maximum Gasteiger partial charge on any atom is 0.254 e. The Bertz CT molecular complexity index is 916. The van der Waals surface area contributed by atoms with Gasteiger partial charge in [-0.25, -0.2) is 4.98 Å². The molecule has 24 heavy (non-hydrogen) atoms. The first-order chi connectivity index (χ1) is 11.7. The summed E-state index contributed by atoms with van der Waals surface area (Å²) in [7, 11) is 0. The van der Waals surface area contributed by atoms with Crippen LogP contribution < -0.4 is 5.56 Å². The van der Waals surface area contributed by atoms with E-state index in [1.807, 2.05) is 18.2 Å². The van der Waals surface area contributed by atoms with E-state index in [1.165, 1.54) is 10.4 Å². The topological polar surface area (TPSA) is 61.9 Å². The number of pyridine rings is 1. The third kappa shape index (κ3) is 2.90. The molecule has 0 bridgehead atoms. The number of aryl methyl sites for hydroxylation is 1. The van der Waals surface area contributed by atoms with E-state index in [0.29, 0.717) is 18.1 Å². The number of fused-ring (bicyclic) bond motifs is 1. The normalized spacial score (nSPS) is 14.5. The zero-order valence-corrected chi connectivity index (χ0v) is 14.3. The molecule has 0 atom stereocenters. The number of hydrogen-bond donors (Lipinski definition) is 1. The summed E-state index contributed by atoms with van der Waals surface area (Å²) < 4.78 is 0. The second kappa shape index (κ2) is 6.30. The molecule has 0 spiro atoms. The molecule has 0 aliphatic carbocycles. The van der Waals surface area contributed by atoms with E-state index >= 15 is 0 Å². The van der Waals surface area contributed by atoms with Crippen molar-refractivity contribution in [1.29, 1.82) is 0 Å². The molecule has 0 unspecified atom stereocenters. The molecule has 0 amide bonds. The highest BCUT2D eigenvalue weighted by atomic mass is 32.1. The van der Waals surface area contributed by atoms with Gasteiger partial charge < -0.3 is 4.98 Å². The fraction of sp³-hybridized carbons (Fsp3) is 0.278. The van der Waals surface area contributed by atoms with Crippen molar-refractivity contribution in [1.82, 2.24) is 19.9 Å². The van der Waals surface area contributed by atoms with Crippen LogP contribution in [0.2, 0.25) is 0 Å². The molecule has 3 aromatic rings. The van der Waals surface area contributed by atoms with Gasteiger partial charge in [0, 0.05) is 36.3 Å². The standard InChI is InChI=1S/C18H18N4OS/c1-12-6-9-24-16(12)11-22-8-5-13-15(10-22)20-17(21-18(13)23)14-4-2-3-7-19-14/h2-4,6-7,9H,5,8,10-11H2,1H3,(H,20,21,23). The van der Waals surface area contributed by atoms with Crippen LogP contribution >= 0.6 is 11.3 Å². The van der Waals surface area contributed by atoms with E-state index in [9.17, 15) is 4.79 Å². The maximum atomic E-state index is 12.4. The second-order valence-electron chi connectivity index (χ2n) is 6.04. The Hall–Kier alpha value is -2.31. The number of nitrogens with one attached hydrogen (secondary N) is 1. The number of thiophene rings is 1. The summed E-state index contributed by atoms with van der Waals surface area (Å²) in [5, 5.41) is 2.13. The summed E-state index contributed by atoms with van der Waals surface area (Å²) in [4.78, 5) is 28.0. The smallest absolute Gasteiger partial charge is 0.254 e. The Labute approximate surface area is 144 Å². The predicted molar refractivity (Wildman–Crippen MR) is 95.0 cm³/mol. The lowest BCUT2D eigenvalue weighted by atomic mass is 10.1. The quantitative estimate of drug-likeness (QED) is 0.798. The van der Waals surface area contributed by atoms with Gasteiger partial charge in [-0.3, -0.25) is 14.7 Å². The van der Waals surface area contributed by atoms with Crippen molar-refractivity contribution >= 4 is 11.3 Å². The Balaban J connectivity index is 1.64. The van der Waals surface area contributed by atoms with Crippen molar-refractivity contribution < 1.29 is 0 Å². The largest absolute Gasteiger partial charge is 0.305 e. The van der Waals surface area contributed by atoms with Gasteiger partial charge in [0.2, 0.25) is 0 Å². The maximum absolute atomic E-state index is 12.4. The van der Waals surface area contributed by atoms with Crippen molar-refractivity contribution in [3.8, 4) is 11.5 Å². The number of hydrogen-bond acceptors (Lipinski definition) is 5. The van der Waals surface area contributed by atoms with Crippen molar-refractivity contribution in [2.24, 2.45) is 0 Å². The first-order valence-electron chi connectivity index (χ1n) is 7.99. The molecule has 0 saturated carbocycles. The molecular weight excluding hydrogens is 320 g/mol. The summed E-state index contributed by atoms with van der Waals surface area (Å²) in [5.74, 6) is 0.550. The van der Waals surface area contributed by atoms with Gasteiger partial charge in [0.1, 0.15) is 5.69 Å². The number of nitrogens with zero attached hydrogens (tertiary/aromatic N) is 3. The Morgan fingerprint density at radius 1 is 1.33 bits per heavy atom. The fourth-order valence-electron chi connectivity index (χ4n) is 3.02. The molecule has 0 fully saturated rings. The Morgan fingerprint density at radius 2 is 2.25 bits per heavy atom. The molecule has 4 rings (SSSR count). The second-order valence-corrected chi connectivity index (χ2v) is 7.04. The molecular formula is C18H18N4OS. The molecule has 1 N–H and O–H groups in total. The number of rotatable bonds is 3. The van der Waals surface area contributed by atoms with Crippen molar-refractivity contribution in [3.05, 3.63) is 67.9 Å². The van der Waals surface area contributed by atoms with Gasteiger partial charge in [0.15, 0.2) is 5.82 Å². The summed E-state index contributed by atoms with van der Waals surface area (Å²) in [5.41, 5.74) is 3.68. The minimum absolute atomic E-state index is 0.0346. The highest BCUT2D eigenvalue weighted by molar-refractivity contribution is 7.10. The van der Waals surface area contributed by atoms with Crippen LogP contribution in [-0.4, -0.2) is 26.4 Å². The van der Waals surface area contributed by atoms with Gasteiger partial charge in [-0.1, -0.05) is 6.07 Å². The lowest BCUT2D eigenvalue weighted by molar-refractivity contribution is 0.242. The third-order valence-corrected chi connectivity index (χ3v) is 5.40. The fourth-order valence-corrected chi connectivity index (χ4v) is 3.97. The summed E-state index contributed by atoms with van der Waals surface area (Å²) in [6.45, 7) is 4.65. The van der Waals surface area contributed by atoms with Gasteiger partial charge in [-0.2, -0.15) is 0 Å². The molecule has 0 aromatic carbocycles. The van der Waals surface area contributed by atoms with Crippen molar-refractivity contribution in [3.63, 3.8) is 0 Å². The molecule has 1 aliphatic heterocycles. The van der Waals surface area contributed by atoms with Gasteiger partial charge in [0.25, 0.3) is 5.56 Å². The van der Waals surface area contributed by atoms with Crippen molar-refractivity contribution in [2.45, 2.75) is 26.4 Å². The molecule has 0 radical (unpaired) electrons. The van der Waals surface area contributed by atoms with E-state index in [4.69, 9.17) is 0 Å². The lowest BCUT2D eigenvalue weighted by Crippen LogP contribution is -2.35. The molecule has 5 nitrogen and oxygen atoms in total. The highest BCUT2D eigenvalue weighted by Gasteiger charge is 2.22. The first-order valence-corrected chi connectivity index (χ1v) is 8.87. The lowest BCUT2D eigenvalue weighted by Gasteiger charge is -2.27. The average molecular weight is 338 g/mol. The van der Waals surface area contributed by atoms with Gasteiger partial charge in [-0.15, -0.1) is 11.3 Å². The van der Waals surface area contributed by atoms with E-state index < -0.39 is 0 Å². The SMILES string of the molecule is Cc1ccsc1CN1CCc2c(nc(-c3ccccn3)[nH]c2=O)C1. The molecule has 0 saturated heterocycles. The molecule has 122 valence electrons. The monoisotopic (exact) mass is 338 g/mol. The number of H-pyrrole nitrogens is 1. The summed E-state index contributed by atoms with van der Waals surface area (Å²) >= 11 is 1.79. The zero-order valence-electron chi connectivity index (χ0n) is 13.5. The summed E-state index contributed by atoms with van der Waals surface area (Å²) in [6, 6.07) is 7.76. The van der Waals surface area contributed by atoms with Gasteiger partial charge >= 0.3 is 0 Å². The van der Waals surface area contributed by atoms with Gasteiger partial charge in [0.05, 0.1) is 5.69 Å². The van der Waals surface area contributed by atoms with E-state index in [2.05, 4.69) is 38.2 Å². The minimum Gasteiger partial charge on any atom is -0.305 e. The van der Waals surface area contributed by atoms with Crippen LogP contribution in [0.1, 0.15) is 21.7 Å². The van der Waals surface area contributed by atoms with Crippen LogP contribution in [0.4, 0.5) is 0 Å². The van der Waals surface area contributed by atoms with Crippen LogP contribution in [0.15, 0.2) is 40.6 Å². The summed E-state index contributed by atoms with van der Waals surface area (Å²) in [6.07, 6.45) is 2.45. The third-order valence-electron chi connectivity index (χ3n) is 4.40. The Kier molecular flexibility index (Phi) is 4.00. The Morgan fingerprint density at radius 3 is 3.00 bits per heavy atom. The molecule has 6 heteroatoms.